The Labute approximate surface area is 164 Å². The molecule has 0 unspecified atom stereocenters. The summed E-state index contributed by atoms with van der Waals surface area (Å²) in [5.41, 5.74) is 4.14. The van der Waals surface area contributed by atoms with Gasteiger partial charge in [-0.25, -0.2) is 19.0 Å². The van der Waals surface area contributed by atoms with Crippen molar-refractivity contribution in [3.8, 4) is 5.69 Å². The van der Waals surface area contributed by atoms with E-state index in [1.165, 1.54) is 17.7 Å². The van der Waals surface area contributed by atoms with Crippen LogP contribution in [0.5, 0.6) is 0 Å². The van der Waals surface area contributed by atoms with Gasteiger partial charge in [-0.1, -0.05) is 0 Å². The third kappa shape index (κ3) is 3.89. The number of nitrogens with one attached hydrogen (secondary N) is 1. The summed E-state index contributed by atoms with van der Waals surface area (Å²) < 4.78 is 15.1. The highest BCUT2D eigenvalue weighted by Gasteiger charge is 2.22. The fourth-order valence-corrected chi connectivity index (χ4v) is 3.79. The minimum absolute atomic E-state index is 0.239. The zero-order valence-corrected chi connectivity index (χ0v) is 16.3. The molecule has 0 aliphatic carbocycles. The first-order chi connectivity index (χ1) is 13.6. The molecule has 28 heavy (non-hydrogen) atoms. The van der Waals surface area contributed by atoms with Gasteiger partial charge in [0.1, 0.15) is 5.82 Å². The zero-order valence-electron chi connectivity index (χ0n) is 16.3. The molecule has 0 amide bonds. The van der Waals surface area contributed by atoms with E-state index < -0.39 is 0 Å². The van der Waals surface area contributed by atoms with Crippen LogP contribution in [0.2, 0.25) is 0 Å². The summed E-state index contributed by atoms with van der Waals surface area (Å²) >= 11 is 0. The molecule has 1 atom stereocenters. The van der Waals surface area contributed by atoms with Gasteiger partial charge in [-0.2, -0.15) is 5.10 Å². The third-order valence-electron chi connectivity index (χ3n) is 5.34. The molecule has 7 heteroatoms. The number of benzene rings is 1. The Morgan fingerprint density at radius 2 is 1.89 bits per heavy atom. The predicted octanol–water partition coefficient (Wildman–Crippen LogP) is 3.18. The smallest absolute Gasteiger partial charge is 0.225 e. The second-order valence-electron chi connectivity index (χ2n) is 7.25. The van der Waals surface area contributed by atoms with Crippen molar-refractivity contribution in [2.75, 3.05) is 18.0 Å². The molecule has 1 fully saturated rings. The van der Waals surface area contributed by atoms with E-state index in [1.54, 1.807) is 24.5 Å². The van der Waals surface area contributed by atoms with Crippen molar-refractivity contribution in [3.05, 3.63) is 65.5 Å². The Morgan fingerprint density at radius 1 is 1.14 bits per heavy atom. The van der Waals surface area contributed by atoms with Gasteiger partial charge in [-0.05, 0) is 57.0 Å². The van der Waals surface area contributed by atoms with Gasteiger partial charge in [-0.3, -0.25) is 0 Å². The number of aromatic nitrogens is 4. The van der Waals surface area contributed by atoms with Crippen molar-refractivity contribution in [1.29, 1.82) is 0 Å². The maximum absolute atomic E-state index is 13.2. The molecule has 6 nitrogen and oxygen atoms in total. The summed E-state index contributed by atoms with van der Waals surface area (Å²) in [6.45, 7) is 6.73. The Morgan fingerprint density at radius 3 is 2.64 bits per heavy atom. The van der Waals surface area contributed by atoms with E-state index in [9.17, 15) is 4.39 Å². The molecule has 0 saturated carbocycles. The molecule has 1 saturated heterocycles. The monoisotopic (exact) mass is 380 g/mol. The number of hydrogen-bond acceptors (Lipinski definition) is 5. The summed E-state index contributed by atoms with van der Waals surface area (Å²) in [5.74, 6) is 0.557. The lowest BCUT2D eigenvalue weighted by Gasteiger charge is -2.33. The van der Waals surface area contributed by atoms with E-state index in [0.29, 0.717) is 6.04 Å². The molecule has 0 radical (unpaired) electrons. The van der Waals surface area contributed by atoms with Crippen molar-refractivity contribution in [2.24, 2.45) is 0 Å². The Kier molecular flexibility index (Phi) is 5.34. The standard InChI is InChI=1S/C21H25FN6/c1-15-20(16(2)28(26-15)19-8-6-17(22)7-9-19)13-25-18-5-3-12-27(14-18)21-23-10-4-11-24-21/h4,6-11,18,25H,3,5,12-14H2,1-2H3/t18-/m0/s1. The topological polar surface area (TPSA) is 58.9 Å². The van der Waals surface area contributed by atoms with Gasteiger partial charge in [0.25, 0.3) is 0 Å². The van der Waals surface area contributed by atoms with E-state index in [-0.39, 0.29) is 5.82 Å². The van der Waals surface area contributed by atoms with Crippen LogP contribution in [0.4, 0.5) is 10.3 Å². The van der Waals surface area contributed by atoms with E-state index in [1.807, 2.05) is 17.7 Å². The van der Waals surface area contributed by atoms with E-state index in [4.69, 9.17) is 0 Å². The summed E-state index contributed by atoms with van der Waals surface area (Å²) in [5, 5.41) is 8.34. The summed E-state index contributed by atoms with van der Waals surface area (Å²) in [4.78, 5) is 11.0. The zero-order chi connectivity index (χ0) is 19.5. The average molecular weight is 380 g/mol. The summed E-state index contributed by atoms with van der Waals surface area (Å²) in [7, 11) is 0. The van der Waals surface area contributed by atoms with Crippen molar-refractivity contribution in [1.82, 2.24) is 25.1 Å². The Hall–Kier alpha value is -2.80. The van der Waals surface area contributed by atoms with Crippen LogP contribution in [-0.4, -0.2) is 38.9 Å². The molecule has 1 aliphatic rings. The SMILES string of the molecule is Cc1nn(-c2ccc(F)cc2)c(C)c1CN[C@H]1CCCN(c2ncccn2)C1. The van der Waals surface area contributed by atoms with Gasteiger partial charge in [-0.15, -0.1) is 0 Å². The van der Waals surface area contributed by atoms with Crippen LogP contribution in [0.15, 0.2) is 42.7 Å². The van der Waals surface area contributed by atoms with Crippen molar-refractivity contribution >= 4 is 5.95 Å². The molecule has 2 aromatic heterocycles. The molecule has 1 aliphatic heterocycles. The average Bonchev–Trinajstić information content (AvgIpc) is 3.01. The molecule has 1 N–H and O–H groups in total. The summed E-state index contributed by atoms with van der Waals surface area (Å²) in [6, 6.07) is 8.66. The molecule has 0 bridgehead atoms. The highest BCUT2D eigenvalue weighted by molar-refractivity contribution is 5.37. The minimum atomic E-state index is -0.239. The highest BCUT2D eigenvalue weighted by atomic mass is 19.1. The van der Waals surface area contributed by atoms with Gasteiger partial charge in [0.15, 0.2) is 0 Å². The molecule has 4 rings (SSSR count). The number of rotatable bonds is 5. The van der Waals surface area contributed by atoms with Crippen LogP contribution >= 0.6 is 0 Å². The summed E-state index contributed by atoms with van der Waals surface area (Å²) in [6.07, 6.45) is 5.82. The van der Waals surface area contributed by atoms with Gasteiger partial charge in [0.05, 0.1) is 11.4 Å². The maximum atomic E-state index is 13.2. The normalized spacial score (nSPS) is 17.1. The quantitative estimate of drug-likeness (QED) is 0.737. The molecule has 3 heterocycles. The number of halogens is 1. The first-order valence-corrected chi connectivity index (χ1v) is 9.68. The Bertz CT molecular complexity index is 922. The highest BCUT2D eigenvalue weighted by Crippen LogP contribution is 2.20. The molecule has 146 valence electrons. The number of nitrogens with zero attached hydrogens (tertiary/aromatic N) is 5. The maximum Gasteiger partial charge on any atom is 0.225 e. The van der Waals surface area contributed by atoms with Crippen molar-refractivity contribution in [2.45, 2.75) is 39.3 Å². The van der Waals surface area contributed by atoms with Gasteiger partial charge >= 0.3 is 0 Å². The lowest BCUT2D eigenvalue weighted by Crippen LogP contribution is -2.46. The van der Waals surface area contributed by atoms with E-state index in [0.717, 1.165) is 55.5 Å². The third-order valence-corrected chi connectivity index (χ3v) is 5.34. The molecular formula is C21H25FN6. The fraction of sp³-hybridized carbons (Fsp3) is 0.381. The fourth-order valence-electron chi connectivity index (χ4n) is 3.79. The first kappa shape index (κ1) is 18.6. The van der Waals surface area contributed by atoms with Crippen LogP contribution in [0.1, 0.15) is 29.8 Å². The Balaban J connectivity index is 1.44. The second-order valence-corrected chi connectivity index (χ2v) is 7.25. The largest absolute Gasteiger partial charge is 0.339 e. The first-order valence-electron chi connectivity index (χ1n) is 9.68. The van der Waals surface area contributed by atoms with Crippen molar-refractivity contribution in [3.63, 3.8) is 0 Å². The molecule has 0 spiro atoms. The lowest BCUT2D eigenvalue weighted by atomic mass is 10.1. The number of hydrogen-bond donors (Lipinski definition) is 1. The van der Waals surface area contributed by atoms with Crippen LogP contribution in [0.3, 0.4) is 0 Å². The molecule has 3 aromatic rings. The van der Waals surface area contributed by atoms with Crippen LogP contribution in [-0.2, 0) is 6.54 Å². The number of aryl methyl sites for hydroxylation is 1. The van der Waals surface area contributed by atoms with Crippen LogP contribution < -0.4 is 10.2 Å². The van der Waals surface area contributed by atoms with Crippen LogP contribution in [0, 0.1) is 19.7 Å². The minimum Gasteiger partial charge on any atom is -0.339 e. The van der Waals surface area contributed by atoms with Gasteiger partial charge in [0.2, 0.25) is 5.95 Å². The lowest BCUT2D eigenvalue weighted by molar-refractivity contribution is 0.417. The molecule has 1 aromatic carbocycles. The van der Waals surface area contributed by atoms with Crippen LogP contribution in [0.25, 0.3) is 5.69 Å². The molecular weight excluding hydrogens is 355 g/mol. The van der Waals surface area contributed by atoms with E-state index >= 15 is 0 Å². The number of anilines is 1. The number of piperidine rings is 1. The predicted molar refractivity (Wildman–Crippen MR) is 107 cm³/mol. The van der Waals surface area contributed by atoms with E-state index in [2.05, 4.69) is 32.2 Å². The van der Waals surface area contributed by atoms with Crippen molar-refractivity contribution < 1.29 is 4.39 Å². The van der Waals surface area contributed by atoms with Gasteiger partial charge in [0, 0.05) is 49.3 Å². The second kappa shape index (κ2) is 8.06. The van der Waals surface area contributed by atoms with Gasteiger partial charge < -0.3 is 10.2 Å².